The molecule has 0 spiro atoms. The monoisotopic (exact) mass is 334 g/mol. The first-order chi connectivity index (χ1) is 10.8. The fraction of sp³-hybridized carbons (Fsp3) is 0.615. The number of halogens is 3. The number of nitrogens with zero attached hydrogens (tertiary/aromatic N) is 3. The molecule has 23 heavy (non-hydrogen) atoms. The molecule has 1 aromatic heterocycles. The van der Waals surface area contributed by atoms with Gasteiger partial charge in [0.25, 0.3) is 0 Å². The van der Waals surface area contributed by atoms with Gasteiger partial charge in [-0.15, -0.1) is 10.2 Å². The summed E-state index contributed by atoms with van der Waals surface area (Å²) >= 11 is 0. The molecule has 2 rings (SSSR count). The number of rotatable bonds is 3. The van der Waals surface area contributed by atoms with Crippen LogP contribution in [0.1, 0.15) is 12.8 Å². The molecule has 0 bridgehead atoms. The number of amides is 2. The molecule has 0 atom stereocenters. The van der Waals surface area contributed by atoms with Gasteiger partial charge in [-0.1, -0.05) is 0 Å². The zero-order chi connectivity index (χ0) is 17.1. The Bertz CT molecular complexity index is 542. The molecule has 0 saturated carbocycles. The van der Waals surface area contributed by atoms with Gasteiger partial charge in [-0.05, 0) is 6.07 Å². The molecule has 10 heteroatoms. The fourth-order valence-corrected chi connectivity index (χ4v) is 2.36. The van der Waals surface area contributed by atoms with Gasteiger partial charge in [-0.25, -0.2) is 4.79 Å². The van der Waals surface area contributed by atoms with Gasteiger partial charge in [-0.2, -0.15) is 13.2 Å². The molecule has 0 radical (unpaired) electrons. The predicted octanol–water partition coefficient (Wildman–Crippen LogP) is 2.06. The molecule has 1 aromatic rings. The van der Waals surface area contributed by atoms with Gasteiger partial charge in [0.05, 0.1) is 7.11 Å². The Kier molecular flexibility index (Phi) is 4.93. The number of likely N-dealkylation sites (tertiary alicyclic amines) is 1. The number of aromatic nitrogens is 2. The number of ether oxygens (including phenoxy) is 2. The second-order valence-corrected chi connectivity index (χ2v) is 5.07. The van der Waals surface area contributed by atoms with Crippen molar-refractivity contribution >= 4 is 11.8 Å². The molecule has 1 N–H and O–H groups in total. The first-order valence-electron chi connectivity index (χ1n) is 6.87. The Labute approximate surface area is 130 Å². The SMILES string of the molecule is COc1ccc(NC(=O)N2CCC(OC)(C(F)(F)F)CC2)nn1. The lowest BCUT2D eigenvalue weighted by molar-refractivity contribution is -0.280. The second-order valence-electron chi connectivity index (χ2n) is 5.07. The van der Waals surface area contributed by atoms with E-state index in [1.165, 1.54) is 24.1 Å². The van der Waals surface area contributed by atoms with E-state index in [4.69, 9.17) is 9.47 Å². The quantitative estimate of drug-likeness (QED) is 0.916. The average molecular weight is 334 g/mol. The maximum atomic E-state index is 13.1. The zero-order valence-electron chi connectivity index (χ0n) is 12.7. The largest absolute Gasteiger partial charge is 0.480 e. The summed E-state index contributed by atoms with van der Waals surface area (Å²) in [6.07, 6.45) is -5.09. The van der Waals surface area contributed by atoms with Crippen molar-refractivity contribution in [2.45, 2.75) is 24.6 Å². The van der Waals surface area contributed by atoms with Crippen molar-refractivity contribution in [1.29, 1.82) is 0 Å². The van der Waals surface area contributed by atoms with Crippen LogP contribution in [0.4, 0.5) is 23.8 Å². The number of carbonyl (C=O) groups excluding carboxylic acids is 1. The number of urea groups is 1. The van der Waals surface area contributed by atoms with Crippen LogP contribution in [0.25, 0.3) is 0 Å². The molecule has 7 nitrogen and oxygen atoms in total. The highest BCUT2D eigenvalue weighted by Crippen LogP contribution is 2.41. The number of alkyl halides is 3. The summed E-state index contributed by atoms with van der Waals surface area (Å²) in [7, 11) is 2.47. The standard InChI is InChI=1S/C13H17F3N4O3/c1-22-10-4-3-9(18-19-10)17-11(21)20-7-5-12(23-2,6-8-20)13(14,15)16/h3-4H,5-8H2,1-2H3,(H,17,18,21). The Hall–Kier alpha value is -2.10. The van der Waals surface area contributed by atoms with Gasteiger partial charge in [0, 0.05) is 39.1 Å². The highest BCUT2D eigenvalue weighted by atomic mass is 19.4. The summed E-state index contributed by atoms with van der Waals surface area (Å²) in [5.41, 5.74) is -2.19. The average Bonchev–Trinajstić information content (AvgIpc) is 2.54. The van der Waals surface area contributed by atoms with Gasteiger partial charge in [0.2, 0.25) is 5.88 Å². The molecule has 1 saturated heterocycles. The lowest BCUT2D eigenvalue weighted by Crippen LogP contribution is -2.56. The van der Waals surface area contributed by atoms with E-state index in [1.807, 2.05) is 0 Å². The van der Waals surface area contributed by atoms with E-state index in [2.05, 4.69) is 15.5 Å². The molecule has 2 amide bonds. The number of nitrogens with one attached hydrogen (secondary N) is 1. The number of piperidine rings is 1. The first kappa shape index (κ1) is 17.3. The maximum Gasteiger partial charge on any atom is 0.417 e. The van der Waals surface area contributed by atoms with Gasteiger partial charge in [0.15, 0.2) is 11.4 Å². The van der Waals surface area contributed by atoms with E-state index in [0.29, 0.717) is 0 Å². The summed E-state index contributed by atoms with van der Waals surface area (Å²) in [5.74, 6) is 0.478. The van der Waals surface area contributed by atoms with Crippen LogP contribution in [0.2, 0.25) is 0 Å². The van der Waals surface area contributed by atoms with E-state index in [9.17, 15) is 18.0 Å². The fourth-order valence-electron chi connectivity index (χ4n) is 2.36. The van der Waals surface area contributed by atoms with Crippen LogP contribution in [0.3, 0.4) is 0 Å². The molecule has 1 aliphatic heterocycles. The number of hydrogen-bond acceptors (Lipinski definition) is 5. The second kappa shape index (κ2) is 6.57. The van der Waals surface area contributed by atoms with Crippen molar-refractivity contribution in [1.82, 2.24) is 15.1 Å². The zero-order valence-corrected chi connectivity index (χ0v) is 12.7. The third-order valence-electron chi connectivity index (χ3n) is 3.85. The number of hydrogen-bond donors (Lipinski definition) is 1. The van der Waals surface area contributed by atoms with Crippen LogP contribution in [0.15, 0.2) is 12.1 Å². The van der Waals surface area contributed by atoms with Crippen molar-refractivity contribution in [3.05, 3.63) is 12.1 Å². The van der Waals surface area contributed by atoms with Gasteiger partial charge < -0.3 is 14.4 Å². The summed E-state index contributed by atoms with van der Waals surface area (Å²) in [6.45, 7) is -0.133. The van der Waals surface area contributed by atoms with Crippen LogP contribution in [0.5, 0.6) is 5.88 Å². The van der Waals surface area contributed by atoms with Crippen molar-refractivity contribution in [2.75, 3.05) is 32.6 Å². The minimum Gasteiger partial charge on any atom is -0.480 e. The summed E-state index contributed by atoms with van der Waals surface area (Å²) < 4.78 is 48.7. The van der Waals surface area contributed by atoms with Gasteiger partial charge >= 0.3 is 12.2 Å². The molecular weight excluding hydrogens is 317 g/mol. The minimum atomic E-state index is -4.47. The topological polar surface area (TPSA) is 76.6 Å². The molecule has 1 fully saturated rings. The molecule has 0 aromatic carbocycles. The summed E-state index contributed by atoms with van der Waals surface area (Å²) in [5, 5.41) is 9.90. The first-order valence-corrected chi connectivity index (χ1v) is 6.87. The third-order valence-corrected chi connectivity index (χ3v) is 3.85. The van der Waals surface area contributed by atoms with Crippen LogP contribution in [0, 0.1) is 0 Å². The van der Waals surface area contributed by atoms with Gasteiger partial charge in [-0.3, -0.25) is 5.32 Å². The number of anilines is 1. The molecule has 2 heterocycles. The Morgan fingerprint density at radius 2 is 1.91 bits per heavy atom. The molecular formula is C13H17F3N4O3. The van der Waals surface area contributed by atoms with E-state index in [0.717, 1.165) is 7.11 Å². The van der Waals surface area contributed by atoms with E-state index >= 15 is 0 Å². The van der Waals surface area contributed by atoms with Gasteiger partial charge in [0.1, 0.15) is 0 Å². The smallest absolute Gasteiger partial charge is 0.417 e. The van der Waals surface area contributed by atoms with E-state index in [1.54, 1.807) is 0 Å². The van der Waals surface area contributed by atoms with Crippen LogP contribution in [-0.4, -0.2) is 60.2 Å². The summed E-state index contributed by atoms with van der Waals surface area (Å²) in [6, 6.07) is 2.47. The Morgan fingerprint density at radius 1 is 1.26 bits per heavy atom. The van der Waals surface area contributed by atoms with Crippen molar-refractivity contribution in [3.8, 4) is 5.88 Å². The normalized spacial score (nSPS) is 17.7. The van der Waals surface area contributed by atoms with Crippen LogP contribution < -0.4 is 10.1 Å². The molecule has 1 aliphatic rings. The molecule has 0 aliphatic carbocycles. The minimum absolute atomic E-state index is 0.0667. The number of carbonyl (C=O) groups is 1. The van der Waals surface area contributed by atoms with Crippen LogP contribution >= 0.6 is 0 Å². The summed E-state index contributed by atoms with van der Waals surface area (Å²) in [4.78, 5) is 13.4. The number of methoxy groups -OCH3 is 2. The lowest BCUT2D eigenvalue weighted by Gasteiger charge is -2.41. The highest BCUT2D eigenvalue weighted by Gasteiger charge is 2.56. The van der Waals surface area contributed by atoms with E-state index in [-0.39, 0.29) is 37.6 Å². The molecule has 0 unspecified atom stereocenters. The van der Waals surface area contributed by atoms with Crippen molar-refractivity contribution in [2.24, 2.45) is 0 Å². The van der Waals surface area contributed by atoms with E-state index < -0.39 is 17.8 Å². The lowest BCUT2D eigenvalue weighted by atomic mass is 9.90. The maximum absolute atomic E-state index is 13.1. The Balaban J connectivity index is 1.95. The molecule has 128 valence electrons. The predicted molar refractivity (Wildman–Crippen MR) is 74.2 cm³/mol. The van der Waals surface area contributed by atoms with Crippen molar-refractivity contribution < 1.29 is 27.4 Å². The Morgan fingerprint density at radius 3 is 2.35 bits per heavy atom. The highest BCUT2D eigenvalue weighted by molar-refractivity contribution is 5.88. The third kappa shape index (κ3) is 3.63. The van der Waals surface area contributed by atoms with Crippen LogP contribution in [-0.2, 0) is 4.74 Å². The van der Waals surface area contributed by atoms with Crippen molar-refractivity contribution in [3.63, 3.8) is 0 Å².